The van der Waals surface area contributed by atoms with Crippen LogP contribution in [0.5, 0.6) is 0 Å². The molecule has 3 aromatic carbocycles. The molecule has 1 saturated heterocycles. The number of carbonyl (C=O) groups is 1. The van der Waals surface area contributed by atoms with Crippen molar-refractivity contribution in [2.45, 2.75) is 57.0 Å². The van der Waals surface area contributed by atoms with Gasteiger partial charge in [0.05, 0.1) is 17.6 Å². The minimum Gasteiger partial charge on any atom is -0.481 e. The van der Waals surface area contributed by atoms with E-state index in [9.17, 15) is 15.0 Å². The van der Waals surface area contributed by atoms with Crippen molar-refractivity contribution >= 4 is 29.2 Å². The highest BCUT2D eigenvalue weighted by Gasteiger charge is 2.54. The number of rotatable bonds is 9. The van der Waals surface area contributed by atoms with Crippen LogP contribution in [0.2, 0.25) is 10.0 Å². The van der Waals surface area contributed by atoms with E-state index in [-0.39, 0.29) is 18.0 Å². The van der Waals surface area contributed by atoms with Crippen molar-refractivity contribution in [1.29, 1.82) is 0 Å². The molecule has 9 heteroatoms. The molecule has 1 unspecified atom stereocenters. The van der Waals surface area contributed by atoms with E-state index < -0.39 is 35.1 Å². The molecule has 0 spiro atoms. The largest absolute Gasteiger partial charge is 0.481 e. The molecule has 4 atom stereocenters. The first-order valence-electron chi connectivity index (χ1n) is 14.3. The summed E-state index contributed by atoms with van der Waals surface area (Å²) in [4.78, 5) is 14.4. The van der Waals surface area contributed by atoms with E-state index in [0.717, 1.165) is 0 Å². The van der Waals surface area contributed by atoms with E-state index in [4.69, 9.17) is 32.7 Å². The van der Waals surface area contributed by atoms with Gasteiger partial charge in [-0.1, -0.05) is 67.4 Å². The lowest BCUT2D eigenvalue weighted by molar-refractivity contribution is -0.156. The summed E-state index contributed by atoms with van der Waals surface area (Å²) in [5, 5.41) is 23.2. The predicted molar refractivity (Wildman–Crippen MR) is 160 cm³/mol. The number of halogens is 3. The molecule has 42 heavy (non-hydrogen) atoms. The van der Waals surface area contributed by atoms with E-state index in [1.807, 2.05) is 17.9 Å². The van der Waals surface area contributed by atoms with Crippen LogP contribution in [0.1, 0.15) is 67.0 Å². The lowest BCUT2D eigenvalue weighted by Gasteiger charge is -2.44. The minimum atomic E-state index is -1.49. The lowest BCUT2D eigenvalue weighted by Crippen LogP contribution is -2.48. The van der Waals surface area contributed by atoms with Crippen molar-refractivity contribution in [3.8, 4) is 0 Å². The molecular formula is C33H36Cl2FNO5. The number of hydrogen-bond donors (Lipinski definition) is 2. The van der Waals surface area contributed by atoms with Crippen LogP contribution in [-0.2, 0) is 32.1 Å². The Morgan fingerprint density at radius 1 is 1.12 bits per heavy atom. The Morgan fingerprint density at radius 3 is 2.26 bits per heavy atom. The van der Waals surface area contributed by atoms with Crippen LogP contribution in [0.4, 0.5) is 4.39 Å². The monoisotopic (exact) mass is 615 g/mol. The highest BCUT2D eigenvalue weighted by atomic mass is 35.5. The van der Waals surface area contributed by atoms with Gasteiger partial charge in [0, 0.05) is 48.0 Å². The molecular weight excluding hydrogens is 580 g/mol. The Labute approximate surface area is 256 Å². The van der Waals surface area contributed by atoms with Crippen LogP contribution in [0, 0.1) is 17.7 Å². The molecule has 2 N–H and O–H groups in total. The van der Waals surface area contributed by atoms with Crippen molar-refractivity contribution in [1.82, 2.24) is 4.90 Å². The third-order valence-electron chi connectivity index (χ3n) is 9.13. The van der Waals surface area contributed by atoms with E-state index in [0.29, 0.717) is 64.8 Å². The number of hydrogen-bond acceptors (Lipinski definition) is 5. The fourth-order valence-corrected chi connectivity index (χ4v) is 7.16. The Morgan fingerprint density at radius 2 is 1.71 bits per heavy atom. The summed E-state index contributed by atoms with van der Waals surface area (Å²) in [7, 11) is 1.50. The highest BCUT2D eigenvalue weighted by molar-refractivity contribution is 6.30. The van der Waals surface area contributed by atoms with Crippen molar-refractivity contribution in [2.24, 2.45) is 11.8 Å². The third kappa shape index (κ3) is 5.25. The van der Waals surface area contributed by atoms with Gasteiger partial charge < -0.3 is 19.7 Å². The number of carboxylic acid groups (broad SMARTS) is 1. The smallest absolute Gasteiger partial charge is 0.308 e. The maximum Gasteiger partial charge on any atom is 0.308 e. The van der Waals surface area contributed by atoms with E-state index >= 15 is 4.39 Å². The van der Waals surface area contributed by atoms with Crippen LogP contribution in [-0.4, -0.2) is 41.4 Å². The number of aliphatic hydroxyl groups is 1. The number of methoxy groups -OCH3 is 1. The van der Waals surface area contributed by atoms with Gasteiger partial charge in [-0.15, -0.1) is 0 Å². The first kappa shape index (κ1) is 30.9. The lowest BCUT2D eigenvalue weighted by atomic mass is 9.74. The molecule has 224 valence electrons. The Balaban J connectivity index is 1.74. The van der Waals surface area contributed by atoms with Gasteiger partial charge in [-0.3, -0.25) is 9.69 Å². The summed E-state index contributed by atoms with van der Waals surface area (Å²) < 4.78 is 28.5. The highest BCUT2D eigenvalue weighted by Crippen LogP contribution is 2.53. The SMILES string of the molecule is CCC(O)(c1cc(F)c2c(c1)CN([C@H](c1ccc(Cl)cc1)[C@H](C)C(=O)O)[C@@]2(OC)c1ccc(Cl)cc1)C1CCOCC1. The first-order chi connectivity index (χ1) is 20.1. The average Bonchev–Trinajstić information content (AvgIpc) is 3.33. The fraction of sp³-hybridized carbons (Fsp3) is 0.424. The standard InChI is InChI=1S/C33H36Cl2FNO5/c1-4-32(40,23-13-15-42-16-14-23)25-17-22-19-37(30(20(2)31(38)39)21-5-9-26(34)10-6-21)33(41-3,29(22)28(36)18-25)24-7-11-27(35)12-8-24/h5-12,17-18,20,23,30,40H,4,13-16,19H2,1-3H3,(H,38,39)/t20-,30-,32?,33+/m0/s1. The zero-order valence-corrected chi connectivity index (χ0v) is 25.5. The summed E-state index contributed by atoms with van der Waals surface area (Å²) in [6, 6.07) is 16.5. The van der Waals surface area contributed by atoms with E-state index in [1.54, 1.807) is 55.5 Å². The van der Waals surface area contributed by atoms with E-state index in [2.05, 4.69) is 0 Å². The number of aliphatic carboxylic acids is 1. The zero-order chi connectivity index (χ0) is 30.2. The molecule has 3 aromatic rings. The number of nitrogens with zero attached hydrogens (tertiary/aromatic N) is 1. The normalized spacial score (nSPS) is 22.4. The summed E-state index contributed by atoms with van der Waals surface area (Å²) in [5.74, 6) is -2.52. The molecule has 2 aliphatic rings. The van der Waals surface area contributed by atoms with Gasteiger partial charge in [-0.2, -0.15) is 0 Å². The Hall–Kier alpha value is -2.52. The molecule has 0 radical (unpaired) electrons. The van der Waals surface area contributed by atoms with Crippen molar-refractivity contribution in [2.75, 3.05) is 20.3 Å². The summed E-state index contributed by atoms with van der Waals surface area (Å²) in [5.41, 5.74) is -0.00950. The molecule has 0 aliphatic carbocycles. The van der Waals surface area contributed by atoms with Gasteiger partial charge in [0.15, 0.2) is 5.72 Å². The van der Waals surface area contributed by atoms with Crippen molar-refractivity contribution < 1.29 is 28.9 Å². The zero-order valence-electron chi connectivity index (χ0n) is 23.9. The van der Waals surface area contributed by atoms with Gasteiger partial charge in [0.1, 0.15) is 5.82 Å². The second kappa shape index (κ2) is 12.2. The van der Waals surface area contributed by atoms with Crippen molar-refractivity contribution in [3.05, 3.63) is 104 Å². The molecule has 2 aliphatic heterocycles. The van der Waals surface area contributed by atoms with Gasteiger partial charge in [0.2, 0.25) is 0 Å². The van der Waals surface area contributed by atoms with Gasteiger partial charge in [0.25, 0.3) is 0 Å². The topological polar surface area (TPSA) is 79.2 Å². The molecule has 5 rings (SSSR count). The first-order valence-corrected chi connectivity index (χ1v) is 15.0. The Kier molecular flexibility index (Phi) is 9.00. The molecule has 2 heterocycles. The molecule has 0 bridgehead atoms. The van der Waals surface area contributed by atoms with Crippen LogP contribution in [0.15, 0.2) is 60.7 Å². The second-order valence-corrected chi connectivity index (χ2v) is 12.1. The fourth-order valence-electron chi connectivity index (χ4n) is 6.91. The molecule has 6 nitrogen and oxygen atoms in total. The summed E-state index contributed by atoms with van der Waals surface area (Å²) in [6.07, 6.45) is 1.77. The van der Waals surface area contributed by atoms with Crippen LogP contribution < -0.4 is 0 Å². The second-order valence-electron chi connectivity index (χ2n) is 11.3. The molecule has 0 saturated carbocycles. The number of carboxylic acids is 1. The maximum absolute atomic E-state index is 16.7. The average molecular weight is 617 g/mol. The predicted octanol–water partition coefficient (Wildman–Crippen LogP) is 7.28. The van der Waals surface area contributed by atoms with Crippen LogP contribution in [0.3, 0.4) is 0 Å². The number of ether oxygens (including phenoxy) is 2. The summed E-state index contributed by atoms with van der Waals surface area (Å²) >= 11 is 12.4. The van der Waals surface area contributed by atoms with Gasteiger partial charge >= 0.3 is 5.97 Å². The molecule has 0 amide bonds. The molecule has 1 fully saturated rings. The number of benzene rings is 3. The van der Waals surface area contributed by atoms with Gasteiger partial charge in [-0.05, 0) is 72.2 Å². The van der Waals surface area contributed by atoms with E-state index in [1.165, 1.54) is 13.2 Å². The minimum absolute atomic E-state index is 0.0801. The van der Waals surface area contributed by atoms with Crippen LogP contribution in [0.25, 0.3) is 0 Å². The summed E-state index contributed by atoms with van der Waals surface area (Å²) in [6.45, 7) is 4.82. The maximum atomic E-state index is 16.7. The Bertz CT molecular complexity index is 1430. The van der Waals surface area contributed by atoms with Gasteiger partial charge in [-0.25, -0.2) is 4.39 Å². The third-order valence-corrected chi connectivity index (χ3v) is 9.64. The molecule has 0 aromatic heterocycles. The quantitative estimate of drug-likeness (QED) is 0.263. The van der Waals surface area contributed by atoms with Crippen molar-refractivity contribution in [3.63, 3.8) is 0 Å². The van der Waals surface area contributed by atoms with Crippen LogP contribution >= 0.6 is 23.2 Å². The number of fused-ring (bicyclic) bond motifs is 1.